The Morgan fingerprint density at radius 3 is 2.83 bits per heavy atom. The topological polar surface area (TPSA) is 24.9 Å². The van der Waals surface area contributed by atoms with Gasteiger partial charge in [0.2, 0.25) is 0 Å². The van der Waals surface area contributed by atoms with Crippen molar-refractivity contribution < 1.29 is 0 Å². The molecular weight excluding hydrogens is 264 g/mol. The summed E-state index contributed by atoms with van der Waals surface area (Å²) in [5.41, 5.74) is 2.19. The van der Waals surface area contributed by atoms with Crippen LogP contribution in [0.2, 0.25) is 5.02 Å². The van der Waals surface area contributed by atoms with Crippen LogP contribution in [0, 0.1) is 6.92 Å². The normalized spacial score (nSPS) is 11.2. The van der Waals surface area contributed by atoms with Gasteiger partial charge in [0.25, 0.3) is 0 Å². The Kier molecular flexibility index (Phi) is 4.38. The Bertz CT molecular complexity index is 534. The van der Waals surface area contributed by atoms with Gasteiger partial charge in [-0.15, -0.1) is 11.3 Å². The molecule has 18 heavy (non-hydrogen) atoms. The molecule has 2 aromatic rings. The molecule has 0 radical (unpaired) electrons. The number of thiazole rings is 1. The minimum atomic E-state index is 0.490. The molecule has 0 atom stereocenters. The van der Waals surface area contributed by atoms with Crippen LogP contribution < -0.4 is 5.32 Å². The average Bonchev–Trinajstić information content (AvgIpc) is 2.79. The van der Waals surface area contributed by atoms with Crippen LogP contribution in [0.4, 0.5) is 0 Å². The van der Waals surface area contributed by atoms with Crippen molar-refractivity contribution in [3.63, 3.8) is 0 Å². The lowest BCUT2D eigenvalue weighted by atomic mass is 10.1. The van der Waals surface area contributed by atoms with Gasteiger partial charge < -0.3 is 5.32 Å². The summed E-state index contributed by atoms with van der Waals surface area (Å²) in [4.78, 5) is 5.70. The standard InChI is InChI=1S/C14H17ClN2S/c1-9(2)16-7-12-8-17-14(18-12)11-5-4-10(3)13(15)6-11/h4-6,8-9,16H,7H2,1-3H3. The van der Waals surface area contributed by atoms with Crippen LogP contribution in [-0.2, 0) is 6.54 Å². The number of aromatic nitrogens is 1. The van der Waals surface area contributed by atoms with Gasteiger partial charge in [0.05, 0.1) is 0 Å². The molecule has 2 rings (SSSR count). The third-order valence-corrected chi connectivity index (χ3v) is 4.11. The van der Waals surface area contributed by atoms with Crippen LogP contribution in [-0.4, -0.2) is 11.0 Å². The highest BCUT2D eigenvalue weighted by Gasteiger charge is 2.06. The fourth-order valence-corrected chi connectivity index (χ4v) is 2.59. The molecule has 0 bridgehead atoms. The summed E-state index contributed by atoms with van der Waals surface area (Å²) >= 11 is 7.85. The second kappa shape index (κ2) is 5.83. The maximum Gasteiger partial charge on any atom is 0.123 e. The van der Waals surface area contributed by atoms with Crippen molar-refractivity contribution in [2.45, 2.75) is 33.4 Å². The van der Waals surface area contributed by atoms with Gasteiger partial charge in [-0.05, 0) is 18.6 Å². The number of hydrogen-bond donors (Lipinski definition) is 1. The van der Waals surface area contributed by atoms with E-state index in [1.165, 1.54) is 4.88 Å². The molecule has 0 aliphatic rings. The highest BCUT2D eigenvalue weighted by molar-refractivity contribution is 7.15. The first-order valence-electron chi connectivity index (χ1n) is 6.01. The van der Waals surface area contributed by atoms with E-state index in [-0.39, 0.29) is 0 Å². The molecule has 0 saturated carbocycles. The minimum Gasteiger partial charge on any atom is -0.310 e. The second-order valence-electron chi connectivity index (χ2n) is 4.63. The maximum atomic E-state index is 6.14. The zero-order valence-electron chi connectivity index (χ0n) is 10.8. The van der Waals surface area contributed by atoms with E-state index in [9.17, 15) is 0 Å². The molecule has 0 amide bonds. The third-order valence-electron chi connectivity index (χ3n) is 2.66. The molecule has 0 unspecified atom stereocenters. The van der Waals surface area contributed by atoms with Crippen molar-refractivity contribution in [1.82, 2.24) is 10.3 Å². The number of nitrogens with zero attached hydrogens (tertiary/aromatic N) is 1. The SMILES string of the molecule is Cc1ccc(-c2ncc(CNC(C)C)s2)cc1Cl. The smallest absolute Gasteiger partial charge is 0.123 e. The Morgan fingerprint density at radius 2 is 2.17 bits per heavy atom. The van der Waals surface area contributed by atoms with Crippen LogP contribution >= 0.6 is 22.9 Å². The lowest BCUT2D eigenvalue weighted by Gasteiger charge is -2.04. The van der Waals surface area contributed by atoms with Gasteiger partial charge in [-0.1, -0.05) is 37.6 Å². The van der Waals surface area contributed by atoms with E-state index in [0.29, 0.717) is 6.04 Å². The van der Waals surface area contributed by atoms with Gasteiger partial charge in [-0.2, -0.15) is 0 Å². The van der Waals surface area contributed by atoms with Crippen LogP contribution in [0.3, 0.4) is 0 Å². The summed E-state index contributed by atoms with van der Waals surface area (Å²) in [5.74, 6) is 0. The van der Waals surface area contributed by atoms with E-state index in [1.807, 2.05) is 25.3 Å². The van der Waals surface area contributed by atoms with Crippen molar-refractivity contribution in [2.75, 3.05) is 0 Å². The van der Waals surface area contributed by atoms with E-state index in [4.69, 9.17) is 11.6 Å². The lowest BCUT2D eigenvalue weighted by Crippen LogP contribution is -2.21. The number of rotatable bonds is 4. The van der Waals surface area contributed by atoms with Crippen LogP contribution in [0.25, 0.3) is 10.6 Å². The molecule has 0 fully saturated rings. The Morgan fingerprint density at radius 1 is 1.39 bits per heavy atom. The summed E-state index contributed by atoms with van der Waals surface area (Å²) in [5, 5.41) is 5.21. The molecule has 2 nitrogen and oxygen atoms in total. The predicted octanol–water partition coefficient (Wildman–Crippen LogP) is 4.27. The van der Waals surface area contributed by atoms with Gasteiger partial charge in [0, 0.05) is 34.2 Å². The number of halogens is 1. The molecule has 0 saturated heterocycles. The summed E-state index contributed by atoms with van der Waals surface area (Å²) < 4.78 is 0. The van der Waals surface area contributed by atoms with Gasteiger partial charge in [-0.3, -0.25) is 0 Å². The fraction of sp³-hybridized carbons (Fsp3) is 0.357. The first-order chi connectivity index (χ1) is 8.56. The molecule has 0 spiro atoms. The van der Waals surface area contributed by atoms with Crippen molar-refractivity contribution >= 4 is 22.9 Å². The second-order valence-corrected chi connectivity index (χ2v) is 6.15. The predicted molar refractivity (Wildman–Crippen MR) is 79.3 cm³/mol. The zero-order valence-corrected chi connectivity index (χ0v) is 12.4. The van der Waals surface area contributed by atoms with Crippen molar-refractivity contribution in [3.8, 4) is 10.6 Å². The summed E-state index contributed by atoms with van der Waals surface area (Å²) in [7, 11) is 0. The number of aryl methyl sites for hydroxylation is 1. The Hall–Kier alpha value is -0.900. The molecule has 96 valence electrons. The number of benzene rings is 1. The molecule has 0 aliphatic heterocycles. The molecular formula is C14H17ClN2S. The first kappa shape index (κ1) is 13.5. The minimum absolute atomic E-state index is 0.490. The molecule has 1 N–H and O–H groups in total. The van der Waals surface area contributed by atoms with Crippen molar-refractivity contribution in [3.05, 3.63) is 39.9 Å². The molecule has 1 aromatic heterocycles. The summed E-state index contributed by atoms with van der Waals surface area (Å²) in [6, 6.07) is 6.57. The summed E-state index contributed by atoms with van der Waals surface area (Å²) in [6.45, 7) is 7.16. The van der Waals surface area contributed by atoms with E-state index < -0.39 is 0 Å². The van der Waals surface area contributed by atoms with Crippen molar-refractivity contribution in [1.29, 1.82) is 0 Å². The fourth-order valence-electron chi connectivity index (χ4n) is 1.55. The third kappa shape index (κ3) is 3.31. The van der Waals surface area contributed by atoms with Crippen LogP contribution in [0.5, 0.6) is 0 Å². The Labute approximate surface area is 117 Å². The maximum absolute atomic E-state index is 6.14. The average molecular weight is 281 g/mol. The van der Waals surface area contributed by atoms with Crippen molar-refractivity contribution in [2.24, 2.45) is 0 Å². The summed E-state index contributed by atoms with van der Waals surface area (Å²) in [6.07, 6.45) is 1.93. The van der Waals surface area contributed by atoms with Crippen LogP contribution in [0.1, 0.15) is 24.3 Å². The Balaban J connectivity index is 2.16. The van der Waals surface area contributed by atoms with Gasteiger partial charge in [0.15, 0.2) is 0 Å². The zero-order chi connectivity index (χ0) is 13.1. The largest absolute Gasteiger partial charge is 0.310 e. The number of hydrogen-bond acceptors (Lipinski definition) is 3. The van der Waals surface area contributed by atoms with Gasteiger partial charge in [0.1, 0.15) is 5.01 Å². The molecule has 0 aliphatic carbocycles. The van der Waals surface area contributed by atoms with Crippen LogP contribution in [0.15, 0.2) is 24.4 Å². The van der Waals surface area contributed by atoms with E-state index in [2.05, 4.69) is 30.2 Å². The quantitative estimate of drug-likeness (QED) is 0.905. The highest BCUT2D eigenvalue weighted by atomic mass is 35.5. The number of nitrogens with one attached hydrogen (secondary N) is 1. The van der Waals surface area contributed by atoms with Gasteiger partial charge in [-0.25, -0.2) is 4.98 Å². The monoisotopic (exact) mass is 280 g/mol. The molecule has 4 heteroatoms. The first-order valence-corrected chi connectivity index (χ1v) is 7.20. The highest BCUT2D eigenvalue weighted by Crippen LogP contribution is 2.28. The molecule has 1 heterocycles. The molecule has 1 aromatic carbocycles. The van der Waals surface area contributed by atoms with E-state index >= 15 is 0 Å². The lowest BCUT2D eigenvalue weighted by molar-refractivity contribution is 0.593. The van der Waals surface area contributed by atoms with E-state index in [0.717, 1.165) is 27.7 Å². The van der Waals surface area contributed by atoms with Gasteiger partial charge >= 0.3 is 0 Å². The van der Waals surface area contributed by atoms with E-state index in [1.54, 1.807) is 11.3 Å².